The van der Waals surface area contributed by atoms with Crippen molar-refractivity contribution in [1.82, 2.24) is 14.8 Å². The third-order valence-electron chi connectivity index (χ3n) is 3.27. The van der Waals surface area contributed by atoms with Crippen LogP contribution >= 0.6 is 11.8 Å². The SMILES string of the molecule is C/C(N)=C(\C#N)C(=O)CSc1nnc(C)n1-c1ccccc1C. The Balaban J connectivity index is 2.27. The van der Waals surface area contributed by atoms with Crippen LogP contribution < -0.4 is 5.73 Å². The zero-order valence-corrected chi connectivity index (χ0v) is 14.0. The lowest BCUT2D eigenvalue weighted by Crippen LogP contribution is -2.11. The number of para-hydroxylation sites is 1. The van der Waals surface area contributed by atoms with E-state index in [9.17, 15) is 4.79 Å². The smallest absolute Gasteiger partial charge is 0.196 e. The maximum Gasteiger partial charge on any atom is 0.196 e. The number of nitrogens with two attached hydrogens (primary N) is 1. The number of allylic oxidation sites excluding steroid dienone is 2. The highest BCUT2D eigenvalue weighted by atomic mass is 32.2. The topological polar surface area (TPSA) is 97.6 Å². The fraction of sp³-hybridized carbons (Fsp3) is 0.250. The highest BCUT2D eigenvalue weighted by Crippen LogP contribution is 2.24. The van der Waals surface area contributed by atoms with Gasteiger partial charge < -0.3 is 5.73 Å². The van der Waals surface area contributed by atoms with E-state index < -0.39 is 0 Å². The van der Waals surface area contributed by atoms with Gasteiger partial charge in [-0.15, -0.1) is 10.2 Å². The van der Waals surface area contributed by atoms with Crippen LogP contribution in [0.5, 0.6) is 0 Å². The lowest BCUT2D eigenvalue weighted by molar-refractivity contribution is -0.112. The Morgan fingerprint density at radius 2 is 2.04 bits per heavy atom. The van der Waals surface area contributed by atoms with Crippen LogP contribution in [0.4, 0.5) is 0 Å². The van der Waals surface area contributed by atoms with Crippen molar-refractivity contribution < 1.29 is 4.79 Å². The standard InChI is InChI=1S/C16H17N5OS/c1-10-6-4-5-7-14(10)21-12(3)19-20-16(21)23-9-15(22)13(8-17)11(2)18/h4-7H,9,18H2,1-3H3/b13-11-. The lowest BCUT2D eigenvalue weighted by atomic mass is 10.2. The number of ketones is 1. The minimum absolute atomic E-state index is 0.00354. The Hall–Kier alpha value is -2.59. The van der Waals surface area contributed by atoms with Gasteiger partial charge in [0.1, 0.15) is 17.5 Å². The summed E-state index contributed by atoms with van der Waals surface area (Å²) in [5.41, 5.74) is 7.83. The van der Waals surface area contributed by atoms with Gasteiger partial charge in [0, 0.05) is 5.70 Å². The number of Topliss-reactive ketones (excluding diaryl/α,β-unsaturated/α-hetero) is 1. The first-order valence-electron chi connectivity index (χ1n) is 6.96. The van der Waals surface area contributed by atoms with Crippen LogP contribution in [-0.4, -0.2) is 26.3 Å². The third kappa shape index (κ3) is 3.60. The molecule has 0 aliphatic carbocycles. The largest absolute Gasteiger partial charge is 0.401 e. The molecule has 1 aromatic heterocycles. The fourth-order valence-corrected chi connectivity index (χ4v) is 2.96. The molecule has 0 radical (unpaired) electrons. The molecule has 0 aliphatic heterocycles. The van der Waals surface area contributed by atoms with E-state index in [1.165, 1.54) is 11.8 Å². The second kappa shape index (κ2) is 7.11. The normalized spacial score (nSPS) is 11.7. The number of thioether (sulfide) groups is 1. The van der Waals surface area contributed by atoms with E-state index in [1.54, 1.807) is 6.92 Å². The van der Waals surface area contributed by atoms with E-state index in [0.29, 0.717) is 5.16 Å². The first-order chi connectivity index (χ1) is 11.0. The molecule has 2 rings (SSSR count). The van der Waals surface area contributed by atoms with E-state index >= 15 is 0 Å². The average molecular weight is 327 g/mol. The molecular formula is C16H17N5OS. The number of benzene rings is 1. The molecule has 2 aromatic rings. The number of rotatable bonds is 5. The Bertz CT molecular complexity index is 812. The minimum Gasteiger partial charge on any atom is -0.401 e. The Kier molecular flexibility index (Phi) is 5.19. The number of hydrogen-bond acceptors (Lipinski definition) is 6. The number of hydrogen-bond donors (Lipinski definition) is 1. The molecule has 0 unspecified atom stereocenters. The summed E-state index contributed by atoms with van der Waals surface area (Å²) in [6, 6.07) is 9.73. The minimum atomic E-state index is -0.311. The molecule has 0 amide bonds. The van der Waals surface area contributed by atoms with Crippen LogP contribution in [0.15, 0.2) is 40.7 Å². The molecule has 0 bridgehead atoms. The molecule has 0 saturated carbocycles. The highest BCUT2D eigenvalue weighted by Gasteiger charge is 2.17. The summed E-state index contributed by atoms with van der Waals surface area (Å²) in [5.74, 6) is 0.511. The van der Waals surface area contributed by atoms with Gasteiger partial charge in [0.05, 0.1) is 11.4 Å². The summed E-state index contributed by atoms with van der Waals surface area (Å²) in [4.78, 5) is 12.1. The second-order valence-corrected chi connectivity index (χ2v) is 5.98. The summed E-state index contributed by atoms with van der Waals surface area (Å²) >= 11 is 1.24. The number of aryl methyl sites for hydroxylation is 2. The predicted octanol–water partition coefficient (Wildman–Crippen LogP) is 2.30. The highest BCUT2D eigenvalue weighted by molar-refractivity contribution is 7.99. The summed E-state index contributed by atoms with van der Waals surface area (Å²) < 4.78 is 1.90. The molecule has 2 N–H and O–H groups in total. The number of nitrogens with zero attached hydrogens (tertiary/aromatic N) is 4. The molecule has 0 fully saturated rings. The summed E-state index contributed by atoms with van der Waals surface area (Å²) in [6.45, 7) is 5.40. The zero-order valence-electron chi connectivity index (χ0n) is 13.2. The van der Waals surface area contributed by atoms with E-state index in [2.05, 4.69) is 10.2 Å². The zero-order chi connectivity index (χ0) is 17.0. The van der Waals surface area contributed by atoms with Gasteiger partial charge in [0.25, 0.3) is 0 Å². The molecular weight excluding hydrogens is 310 g/mol. The van der Waals surface area contributed by atoms with Gasteiger partial charge in [-0.05, 0) is 32.4 Å². The van der Waals surface area contributed by atoms with Crippen molar-refractivity contribution in [2.75, 3.05) is 5.75 Å². The first kappa shape index (κ1) is 16.8. The lowest BCUT2D eigenvalue weighted by Gasteiger charge is -2.10. The van der Waals surface area contributed by atoms with Gasteiger partial charge in [0.15, 0.2) is 10.9 Å². The third-order valence-corrected chi connectivity index (χ3v) is 4.20. The van der Waals surface area contributed by atoms with Crippen LogP contribution in [0.1, 0.15) is 18.3 Å². The second-order valence-electron chi connectivity index (χ2n) is 5.03. The summed E-state index contributed by atoms with van der Waals surface area (Å²) in [6.07, 6.45) is 0. The van der Waals surface area contributed by atoms with Gasteiger partial charge in [-0.1, -0.05) is 30.0 Å². The Labute approximate surface area is 139 Å². The molecule has 0 spiro atoms. The van der Waals surface area contributed by atoms with Crippen molar-refractivity contribution in [1.29, 1.82) is 5.26 Å². The number of aromatic nitrogens is 3. The Morgan fingerprint density at radius 3 is 2.65 bits per heavy atom. The molecule has 0 atom stereocenters. The van der Waals surface area contributed by atoms with Crippen molar-refractivity contribution in [2.45, 2.75) is 25.9 Å². The van der Waals surface area contributed by atoms with Crippen molar-refractivity contribution >= 4 is 17.5 Å². The van der Waals surface area contributed by atoms with Crippen molar-refractivity contribution in [3.63, 3.8) is 0 Å². The number of carbonyl (C=O) groups excluding carboxylic acids is 1. The monoisotopic (exact) mass is 327 g/mol. The summed E-state index contributed by atoms with van der Waals surface area (Å²) in [5, 5.41) is 17.8. The molecule has 0 saturated heterocycles. The van der Waals surface area contributed by atoms with Gasteiger partial charge in [-0.25, -0.2) is 0 Å². The molecule has 1 heterocycles. The van der Waals surface area contributed by atoms with Crippen LogP contribution in [0.25, 0.3) is 5.69 Å². The molecule has 1 aromatic carbocycles. The van der Waals surface area contributed by atoms with E-state index in [-0.39, 0.29) is 22.8 Å². The van der Waals surface area contributed by atoms with Crippen LogP contribution in [0, 0.1) is 25.2 Å². The average Bonchev–Trinajstić information content (AvgIpc) is 2.87. The fourth-order valence-electron chi connectivity index (χ4n) is 2.10. The Morgan fingerprint density at radius 1 is 1.35 bits per heavy atom. The predicted molar refractivity (Wildman–Crippen MR) is 89.1 cm³/mol. The molecule has 6 nitrogen and oxygen atoms in total. The van der Waals surface area contributed by atoms with Gasteiger partial charge in [0.2, 0.25) is 0 Å². The molecule has 7 heteroatoms. The molecule has 118 valence electrons. The van der Waals surface area contributed by atoms with Crippen molar-refractivity contribution in [3.05, 3.63) is 46.9 Å². The van der Waals surface area contributed by atoms with Gasteiger partial charge >= 0.3 is 0 Å². The molecule has 0 aliphatic rings. The van der Waals surface area contributed by atoms with E-state index in [1.807, 2.05) is 48.7 Å². The van der Waals surface area contributed by atoms with Crippen molar-refractivity contribution in [3.8, 4) is 11.8 Å². The van der Waals surface area contributed by atoms with E-state index in [0.717, 1.165) is 17.1 Å². The van der Waals surface area contributed by atoms with Gasteiger partial charge in [-0.3, -0.25) is 9.36 Å². The summed E-state index contributed by atoms with van der Waals surface area (Å²) in [7, 11) is 0. The van der Waals surface area contributed by atoms with E-state index in [4.69, 9.17) is 11.0 Å². The molecule has 23 heavy (non-hydrogen) atoms. The quantitative estimate of drug-likeness (QED) is 0.514. The maximum absolute atomic E-state index is 12.1. The maximum atomic E-state index is 12.1. The van der Waals surface area contributed by atoms with Crippen molar-refractivity contribution in [2.24, 2.45) is 5.73 Å². The number of nitriles is 1. The van der Waals surface area contributed by atoms with Crippen LogP contribution in [0.3, 0.4) is 0 Å². The number of carbonyl (C=O) groups is 1. The van der Waals surface area contributed by atoms with Crippen LogP contribution in [0.2, 0.25) is 0 Å². The first-order valence-corrected chi connectivity index (χ1v) is 7.94. The van der Waals surface area contributed by atoms with Gasteiger partial charge in [-0.2, -0.15) is 5.26 Å². The van der Waals surface area contributed by atoms with Crippen LogP contribution in [-0.2, 0) is 4.79 Å².